The van der Waals surface area contributed by atoms with E-state index in [1.54, 1.807) is 0 Å². The minimum absolute atomic E-state index is 0.0288. The van der Waals surface area contributed by atoms with E-state index in [1.807, 2.05) is 13.8 Å². The van der Waals surface area contributed by atoms with Crippen molar-refractivity contribution in [2.75, 3.05) is 13.1 Å². The van der Waals surface area contributed by atoms with Crippen molar-refractivity contribution in [1.29, 1.82) is 0 Å². The van der Waals surface area contributed by atoms with Crippen molar-refractivity contribution in [3.8, 4) is 0 Å². The smallest absolute Gasteiger partial charge is 0.241 e. The van der Waals surface area contributed by atoms with Crippen LogP contribution in [0.4, 0.5) is 4.39 Å². The third kappa shape index (κ3) is 5.81. The normalized spacial score (nSPS) is 11.7. The molecule has 0 aromatic heterocycles. The number of sulfonamides is 1. The molecule has 0 spiro atoms. The summed E-state index contributed by atoms with van der Waals surface area (Å²) in [5.74, 6) is -0.430. The molecular weight excluding hydrogens is 295 g/mol. The fraction of sp³-hybridized carbons (Fsp3) is 0.500. The van der Waals surface area contributed by atoms with Crippen molar-refractivity contribution in [2.24, 2.45) is 5.92 Å². The molecule has 5 nitrogen and oxygen atoms in total. The molecule has 0 aliphatic heterocycles. The maximum atomic E-state index is 13.0. The van der Waals surface area contributed by atoms with Crippen molar-refractivity contribution < 1.29 is 17.6 Å². The summed E-state index contributed by atoms with van der Waals surface area (Å²) < 4.78 is 39.3. The molecule has 7 heteroatoms. The number of hydrogen-bond acceptors (Lipinski definition) is 3. The van der Waals surface area contributed by atoms with Gasteiger partial charge < -0.3 is 5.32 Å². The maximum absolute atomic E-state index is 13.0. The van der Waals surface area contributed by atoms with E-state index < -0.39 is 15.8 Å². The first-order valence-electron chi connectivity index (χ1n) is 6.75. The lowest BCUT2D eigenvalue weighted by molar-refractivity contribution is -0.119. The SMILES string of the molecule is Cc1cc(F)ccc1S(=O)(=O)NCC(=O)NCCC(C)C. The monoisotopic (exact) mass is 316 g/mol. The molecule has 0 atom stereocenters. The first-order chi connectivity index (χ1) is 9.72. The van der Waals surface area contributed by atoms with Gasteiger partial charge in [-0.15, -0.1) is 0 Å². The topological polar surface area (TPSA) is 75.3 Å². The largest absolute Gasteiger partial charge is 0.355 e. The molecule has 1 amide bonds. The molecule has 0 fully saturated rings. The molecule has 21 heavy (non-hydrogen) atoms. The Balaban J connectivity index is 2.59. The number of aryl methyl sites for hydroxylation is 1. The summed E-state index contributed by atoms with van der Waals surface area (Å²) in [7, 11) is -3.82. The van der Waals surface area contributed by atoms with E-state index in [0.29, 0.717) is 18.0 Å². The van der Waals surface area contributed by atoms with Gasteiger partial charge in [-0.25, -0.2) is 17.5 Å². The van der Waals surface area contributed by atoms with Crippen LogP contribution in [0.5, 0.6) is 0 Å². The Kier molecular flexibility index (Phi) is 6.29. The molecule has 0 aliphatic carbocycles. The zero-order valence-electron chi connectivity index (χ0n) is 12.4. The van der Waals surface area contributed by atoms with Crippen molar-refractivity contribution >= 4 is 15.9 Å². The first-order valence-corrected chi connectivity index (χ1v) is 8.23. The highest BCUT2D eigenvalue weighted by atomic mass is 32.2. The molecule has 0 saturated heterocycles. The van der Waals surface area contributed by atoms with E-state index in [0.717, 1.165) is 18.6 Å². The number of benzene rings is 1. The van der Waals surface area contributed by atoms with E-state index in [1.165, 1.54) is 13.0 Å². The summed E-state index contributed by atoms with van der Waals surface area (Å²) in [6.07, 6.45) is 0.829. The second kappa shape index (κ2) is 7.51. The maximum Gasteiger partial charge on any atom is 0.241 e. The van der Waals surface area contributed by atoms with E-state index in [4.69, 9.17) is 0 Å². The van der Waals surface area contributed by atoms with Gasteiger partial charge in [0.1, 0.15) is 5.82 Å². The van der Waals surface area contributed by atoms with Crippen LogP contribution in [0.25, 0.3) is 0 Å². The van der Waals surface area contributed by atoms with Crippen molar-refractivity contribution in [2.45, 2.75) is 32.1 Å². The number of amides is 1. The molecule has 0 bridgehead atoms. The fourth-order valence-corrected chi connectivity index (χ4v) is 2.92. The third-order valence-electron chi connectivity index (χ3n) is 2.89. The van der Waals surface area contributed by atoms with Crippen LogP contribution in [0.15, 0.2) is 23.1 Å². The molecule has 0 aliphatic rings. The van der Waals surface area contributed by atoms with Gasteiger partial charge >= 0.3 is 0 Å². The summed E-state index contributed by atoms with van der Waals surface area (Å²) >= 11 is 0. The zero-order chi connectivity index (χ0) is 16.0. The van der Waals surface area contributed by atoms with Crippen LogP contribution in [0.1, 0.15) is 25.8 Å². The number of hydrogen-bond donors (Lipinski definition) is 2. The summed E-state index contributed by atoms with van der Waals surface area (Å²) in [5, 5.41) is 2.64. The number of nitrogens with one attached hydrogen (secondary N) is 2. The quantitative estimate of drug-likeness (QED) is 0.802. The molecule has 0 saturated carbocycles. The van der Waals surface area contributed by atoms with Gasteiger partial charge in [-0.05, 0) is 43.0 Å². The van der Waals surface area contributed by atoms with Gasteiger partial charge in [-0.1, -0.05) is 13.8 Å². The summed E-state index contributed by atoms with van der Waals surface area (Å²) in [6.45, 7) is 5.74. The van der Waals surface area contributed by atoms with Crippen molar-refractivity contribution in [1.82, 2.24) is 10.0 Å². The lowest BCUT2D eigenvalue weighted by Gasteiger charge is -2.10. The van der Waals surface area contributed by atoms with Gasteiger partial charge in [0.05, 0.1) is 11.4 Å². The van der Waals surface area contributed by atoms with E-state index in [-0.39, 0.29) is 17.3 Å². The van der Waals surface area contributed by atoms with Gasteiger partial charge in [-0.2, -0.15) is 0 Å². The Morgan fingerprint density at radius 2 is 2.00 bits per heavy atom. The van der Waals surface area contributed by atoms with Crippen LogP contribution >= 0.6 is 0 Å². The molecule has 0 heterocycles. The van der Waals surface area contributed by atoms with Gasteiger partial charge in [0, 0.05) is 6.54 Å². The lowest BCUT2D eigenvalue weighted by Crippen LogP contribution is -2.37. The van der Waals surface area contributed by atoms with Crippen molar-refractivity contribution in [3.63, 3.8) is 0 Å². The second-order valence-electron chi connectivity index (χ2n) is 5.27. The van der Waals surface area contributed by atoms with E-state index in [2.05, 4.69) is 10.0 Å². The number of halogens is 1. The van der Waals surface area contributed by atoms with Gasteiger partial charge in [0.15, 0.2) is 0 Å². The lowest BCUT2D eigenvalue weighted by atomic mass is 10.1. The van der Waals surface area contributed by atoms with Gasteiger partial charge in [0.25, 0.3) is 0 Å². The van der Waals surface area contributed by atoms with E-state index >= 15 is 0 Å². The van der Waals surface area contributed by atoms with Gasteiger partial charge in [0.2, 0.25) is 15.9 Å². The van der Waals surface area contributed by atoms with Crippen LogP contribution in [-0.2, 0) is 14.8 Å². The Hall–Kier alpha value is -1.47. The third-order valence-corrected chi connectivity index (χ3v) is 4.45. The summed E-state index contributed by atoms with van der Waals surface area (Å²) in [5.41, 5.74) is 0.294. The summed E-state index contributed by atoms with van der Waals surface area (Å²) in [6, 6.07) is 3.39. The molecule has 0 radical (unpaired) electrons. The predicted octanol–water partition coefficient (Wildman–Crippen LogP) is 1.57. The Morgan fingerprint density at radius 1 is 1.33 bits per heavy atom. The van der Waals surface area contributed by atoms with E-state index in [9.17, 15) is 17.6 Å². The number of carbonyl (C=O) groups is 1. The first kappa shape index (κ1) is 17.6. The van der Waals surface area contributed by atoms with Crippen LogP contribution in [0.2, 0.25) is 0 Å². The molecule has 0 unspecified atom stereocenters. The molecular formula is C14H21FN2O3S. The Morgan fingerprint density at radius 3 is 2.57 bits per heavy atom. The minimum atomic E-state index is -3.82. The molecule has 2 N–H and O–H groups in total. The highest BCUT2D eigenvalue weighted by molar-refractivity contribution is 7.89. The molecule has 118 valence electrons. The minimum Gasteiger partial charge on any atom is -0.355 e. The fourth-order valence-electron chi connectivity index (χ4n) is 1.72. The standard InChI is InChI=1S/C14H21FN2O3S/c1-10(2)6-7-16-14(18)9-17-21(19,20)13-5-4-12(15)8-11(13)3/h4-5,8,10,17H,6-7,9H2,1-3H3,(H,16,18). The van der Waals surface area contributed by atoms with Crippen molar-refractivity contribution in [3.05, 3.63) is 29.6 Å². The number of rotatable bonds is 7. The average Bonchev–Trinajstić information content (AvgIpc) is 2.35. The Labute approximate surface area is 125 Å². The average molecular weight is 316 g/mol. The van der Waals surface area contributed by atoms with Crippen LogP contribution in [-0.4, -0.2) is 27.4 Å². The molecule has 1 aromatic rings. The molecule has 1 aromatic carbocycles. The Bertz CT molecular complexity index is 600. The summed E-state index contributed by atoms with van der Waals surface area (Å²) in [4.78, 5) is 11.5. The highest BCUT2D eigenvalue weighted by Gasteiger charge is 2.18. The predicted molar refractivity (Wildman–Crippen MR) is 78.8 cm³/mol. The molecule has 1 rings (SSSR count). The van der Waals surface area contributed by atoms with Crippen LogP contribution in [0.3, 0.4) is 0 Å². The second-order valence-corrected chi connectivity index (χ2v) is 7.00. The highest BCUT2D eigenvalue weighted by Crippen LogP contribution is 2.15. The zero-order valence-corrected chi connectivity index (χ0v) is 13.3. The van der Waals surface area contributed by atoms with Gasteiger partial charge in [-0.3, -0.25) is 4.79 Å². The van der Waals surface area contributed by atoms with Crippen LogP contribution in [0, 0.1) is 18.7 Å². The number of carbonyl (C=O) groups excluding carboxylic acids is 1. The van der Waals surface area contributed by atoms with Crippen LogP contribution < -0.4 is 10.0 Å².